The zero-order valence-corrected chi connectivity index (χ0v) is 23.5. The lowest BCUT2D eigenvalue weighted by atomic mass is 10.0. The lowest BCUT2D eigenvalue weighted by molar-refractivity contribution is -0.140. The first-order chi connectivity index (χ1) is 19.1. The molecule has 0 saturated carbocycles. The molecule has 0 aliphatic heterocycles. The van der Waals surface area contributed by atoms with E-state index < -0.39 is 52.0 Å². The van der Waals surface area contributed by atoms with Crippen molar-refractivity contribution in [2.75, 3.05) is 17.1 Å². The fraction of sp³-hybridized carbons (Fsp3) is 0.310. The molecule has 0 saturated heterocycles. The average molecular weight is 594 g/mol. The third-order valence-electron chi connectivity index (χ3n) is 6.11. The molecule has 0 aliphatic carbocycles. The molecule has 0 bridgehead atoms. The third-order valence-corrected chi connectivity index (χ3v) is 7.25. The molecule has 3 aromatic carbocycles. The molecule has 0 heterocycles. The summed E-state index contributed by atoms with van der Waals surface area (Å²) in [5, 5.41) is 2.78. The number of halogens is 4. The minimum absolute atomic E-state index is 0.0642. The highest BCUT2D eigenvalue weighted by molar-refractivity contribution is 7.92. The molecule has 3 rings (SSSR count). The van der Waals surface area contributed by atoms with Crippen molar-refractivity contribution >= 4 is 27.5 Å². The van der Waals surface area contributed by atoms with Crippen LogP contribution >= 0.6 is 0 Å². The zero-order valence-electron chi connectivity index (χ0n) is 22.7. The molecule has 0 spiro atoms. The predicted octanol–water partition coefficient (Wildman–Crippen LogP) is 4.78. The number of benzene rings is 3. The van der Waals surface area contributed by atoms with E-state index in [-0.39, 0.29) is 24.7 Å². The van der Waals surface area contributed by atoms with E-state index in [0.29, 0.717) is 21.5 Å². The third kappa shape index (κ3) is 9.04. The summed E-state index contributed by atoms with van der Waals surface area (Å²) in [7, 11) is -4.24. The molecule has 7 nitrogen and oxygen atoms in total. The van der Waals surface area contributed by atoms with E-state index in [1.165, 1.54) is 29.2 Å². The second-order valence-corrected chi connectivity index (χ2v) is 11.7. The maximum absolute atomic E-state index is 13.9. The Labute approximate surface area is 236 Å². The van der Waals surface area contributed by atoms with Crippen molar-refractivity contribution in [1.82, 2.24) is 10.2 Å². The van der Waals surface area contributed by atoms with Gasteiger partial charge in [0.25, 0.3) is 0 Å². The van der Waals surface area contributed by atoms with Crippen LogP contribution < -0.4 is 9.62 Å². The number of hydrogen-bond donors (Lipinski definition) is 1. The maximum Gasteiger partial charge on any atom is 0.416 e. The molecule has 41 heavy (non-hydrogen) atoms. The molecule has 0 aliphatic rings. The van der Waals surface area contributed by atoms with E-state index in [4.69, 9.17) is 0 Å². The smallest absolute Gasteiger partial charge is 0.352 e. The van der Waals surface area contributed by atoms with Crippen molar-refractivity contribution < 1.29 is 35.6 Å². The Morgan fingerprint density at radius 3 is 2.10 bits per heavy atom. The number of alkyl halides is 3. The van der Waals surface area contributed by atoms with Crippen molar-refractivity contribution in [3.63, 3.8) is 0 Å². The van der Waals surface area contributed by atoms with E-state index in [0.717, 1.165) is 24.5 Å². The van der Waals surface area contributed by atoms with Gasteiger partial charge in [0.15, 0.2) is 0 Å². The summed E-state index contributed by atoms with van der Waals surface area (Å²) >= 11 is 0. The summed E-state index contributed by atoms with van der Waals surface area (Å²) in [6, 6.07) is 16.3. The number of nitrogens with one attached hydrogen (secondary N) is 1. The fourth-order valence-corrected chi connectivity index (χ4v) is 5.01. The van der Waals surface area contributed by atoms with Gasteiger partial charge in [-0.05, 0) is 55.3 Å². The van der Waals surface area contributed by atoms with E-state index in [1.54, 1.807) is 44.2 Å². The van der Waals surface area contributed by atoms with E-state index in [2.05, 4.69) is 5.32 Å². The Morgan fingerprint density at radius 1 is 0.902 bits per heavy atom. The van der Waals surface area contributed by atoms with Gasteiger partial charge in [-0.15, -0.1) is 0 Å². The van der Waals surface area contributed by atoms with Crippen LogP contribution in [0.1, 0.15) is 30.5 Å². The Morgan fingerprint density at radius 2 is 1.54 bits per heavy atom. The van der Waals surface area contributed by atoms with E-state index >= 15 is 0 Å². The number of hydrogen-bond acceptors (Lipinski definition) is 4. The molecule has 0 radical (unpaired) electrons. The molecule has 3 aromatic rings. The minimum atomic E-state index is -4.74. The lowest BCUT2D eigenvalue weighted by Gasteiger charge is -2.34. The summed E-state index contributed by atoms with van der Waals surface area (Å²) in [4.78, 5) is 28.5. The van der Waals surface area contributed by atoms with Crippen LogP contribution in [0.5, 0.6) is 0 Å². The maximum atomic E-state index is 13.9. The first-order valence-electron chi connectivity index (χ1n) is 12.7. The van der Waals surface area contributed by atoms with Gasteiger partial charge in [-0.3, -0.25) is 13.9 Å². The normalized spacial score (nSPS) is 12.6. The van der Waals surface area contributed by atoms with Crippen molar-refractivity contribution in [2.24, 2.45) is 0 Å². The Kier molecular flexibility index (Phi) is 10.1. The Bertz CT molecular complexity index is 1450. The van der Waals surface area contributed by atoms with Crippen LogP contribution in [0.3, 0.4) is 0 Å². The highest BCUT2D eigenvalue weighted by atomic mass is 32.2. The van der Waals surface area contributed by atoms with Crippen molar-refractivity contribution in [1.29, 1.82) is 0 Å². The van der Waals surface area contributed by atoms with Gasteiger partial charge in [0.2, 0.25) is 21.8 Å². The molecule has 220 valence electrons. The van der Waals surface area contributed by atoms with Gasteiger partial charge in [-0.2, -0.15) is 13.2 Å². The van der Waals surface area contributed by atoms with Crippen molar-refractivity contribution in [3.8, 4) is 0 Å². The molecule has 0 aromatic heterocycles. The molecule has 1 atom stereocenters. The van der Waals surface area contributed by atoms with Gasteiger partial charge in [0.05, 0.1) is 17.5 Å². The molecule has 0 fully saturated rings. The first kappa shape index (κ1) is 31.6. The molecule has 2 amide bonds. The number of sulfonamides is 1. The highest BCUT2D eigenvalue weighted by Crippen LogP contribution is 2.32. The molecule has 0 unspecified atom stereocenters. The van der Waals surface area contributed by atoms with Gasteiger partial charge in [0.1, 0.15) is 18.4 Å². The van der Waals surface area contributed by atoms with Crippen LogP contribution in [0.2, 0.25) is 0 Å². The van der Waals surface area contributed by atoms with Gasteiger partial charge >= 0.3 is 6.18 Å². The van der Waals surface area contributed by atoms with Crippen LogP contribution in [0, 0.1) is 5.82 Å². The number of anilines is 1. The number of amides is 2. The minimum Gasteiger partial charge on any atom is -0.352 e. The fourth-order valence-electron chi connectivity index (χ4n) is 4.17. The lowest BCUT2D eigenvalue weighted by Crippen LogP contribution is -2.54. The Balaban J connectivity index is 2.07. The van der Waals surface area contributed by atoms with Crippen LogP contribution in [-0.4, -0.2) is 50.0 Å². The van der Waals surface area contributed by atoms with Gasteiger partial charge in [0, 0.05) is 19.0 Å². The molecular formula is C29H31F4N3O4S. The second-order valence-electron chi connectivity index (χ2n) is 9.83. The van der Waals surface area contributed by atoms with Crippen LogP contribution in [0.15, 0.2) is 78.9 Å². The standard InChI is InChI=1S/C29H31F4N3O4S/c1-20(2)34-28(38)26(16-21-8-5-4-6-9-21)35(18-22-12-14-24(30)15-13-22)27(37)19-36(41(3,39)40)25-11-7-10-23(17-25)29(31,32)33/h4-15,17,20,26H,16,18-19H2,1-3H3,(H,34,38)/t26-/m0/s1. The Hall–Kier alpha value is -3.93. The van der Waals surface area contributed by atoms with Gasteiger partial charge < -0.3 is 10.2 Å². The van der Waals surface area contributed by atoms with E-state index in [1.807, 2.05) is 0 Å². The summed E-state index contributed by atoms with van der Waals surface area (Å²) < 4.78 is 79.8. The van der Waals surface area contributed by atoms with Crippen LogP contribution in [0.4, 0.5) is 23.2 Å². The van der Waals surface area contributed by atoms with Crippen LogP contribution in [-0.2, 0) is 38.8 Å². The highest BCUT2D eigenvalue weighted by Gasteiger charge is 2.35. The van der Waals surface area contributed by atoms with Crippen molar-refractivity contribution in [3.05, 3.63) is 101 Å². The average Bonchev–Trinajstić information content (AvgIpc) is 2.89. The molecule has 1 N–H and O–H groups in total. The van der Waals surface area contributed by atoms with Gasteiger partial charge in [-0.25, -0.2) is 12.8 Å². The number of carbonyl (C=O) groups excluding carboxylic acids is 2. The molecular weight excluding hydrogens is 562 g/mol. The summed E-state index contributed by atoms with van der Waals surface area (Å²) in [6.45, 7) is 2.41. The summed E-state index contributed by atoms with van der Waals surface area (Å²) in [6.07, 6.45) is -3.90. The first-order valence-corrected chi connectivity index (χ1v) is 14.5. The van der Waals surface area contributed by atoms with E-state index in [9.17, 15) is 35.6 Å². The summed E-state index contributed by atoms with van der Waals surface area (Å²) in [5.41, 5.74) is -0.271. The predicted molar refractivity (Wildman–Crippen MR) is 148 cm³/mol. The topological polar surface area (TPSA) is 86.8 Å². The zero-order chi connectivity index (χ0) is 30.4. The summed E-state index contributed by atoms with van der Waals surface area (Å²) in [5.74, 6) is -1.86. The van der Waals surface area contributed by atoms with Crippen molar-refractivity contribution in [2.45, 2.75) is 45.1 Å². The number of carbonyl (C=O) groups is 2. The van der Waals surface area contributed by atoms with Crippen LogP contribution in [0.25, 0.3) is 0 Å². The number of nitrogens with zero attached hydrogens (tertiary/aromatic N) is 2. The van der Waals surface area contributed by atoms with Gasteiger partial charge in [-0.1, -0.05) is 48.5 Å². The number of rotatable bonds is 11. The monoisotopic (exact) mass is 593 g/mol. The largest absolute Gasteiger partial charge is 0.416 e. The molecule has 12 heteroatoms. The SMILES string of the molecule is CC(C)NC(=O)[C@H](Cc1ccccc1)N(Cc1ccc(F)cc1)C(=O)CN(c1cccc(C(F)(F)F)c1)S(C)(=O)=O. The second kappa shape index (κ2) is 13.2. The quantitative estimate of drug-likeness (QED) is 0.325.